The maximum Gasteiger partial charge on any atom is 0.339 e. The molecule has 1 aromatic heterocycles. The summed E-state index contributed by atoms with van der Waals surface area (Å²) >= 11 is 0. The number of carbonyl (C=O) groups is 1. The molecule has 5 nitrogen and oxygen atoms in total. The summed E-state index contributed by atoms with van der Waals surface area (Å²) in [5.74, 6) is 0.0702. The predicted octanol–water partition coefficient (Wildman–Crippen LogP) is 3.54. The van der Waals surface area contributed by atoms with Gasteiger partial charge in [-0.3, -0.25) is 0 Å². The van der Waals surface area contributed by atoms with Crippen molar-refractivity contribution >= 4 is 17.5 Å². The quantitative estimate of drug-likeness (QED) is 0.879. The summed E-state index contributed by atoms with van der Waals surface area (Å²) in [5.41, 5.74) is 2.36. The molecule has 0 amide bonds. The van der Waals surface area contributed by atoms with Gasteiger partial charge in [-0.25, -0.2) is 9.78 Å². The summed E-state index contributed by atoms with van der Waals surface area (Å²) in [7, 11) is 0. The van der Waals surface area contributed by atoms with Gasteiger partial charge in [-0.05, 0) is 44.5 Å². The van der Waals surface area contributed by atoms with Gasteiger partial charge in [0.1, 0.15) is 17.1 Å². The number of aryl methyl sites for hydroxylation is 2. The minimum atomic E-state index is -0.997. The zero-order valence-corrected chi connectivity index (χ0v) is 12.3. The third kappa shape index (κ3) is 3.51. The number of aromatic nitrogens is 1. The lowest BCUT2D eigenvalue weighted by Gasteiger charge is -2.13. The average Bonchev–Trinajstić information content (AvgIpc) is 2.38. The van der Waals surface area contributed by atoms with E-state index in [4.69, 9.17) is 4.74 Å². The van der Waals surface area contributed by atoms with E-state index in [0.29, 0.717) is 18.0 Å². The van der Waals surface area contributed by atoms with E-state index in [0.717, 1.165) is 17.1 Å². The number of nitrogens with one attached hydrogen (secondary N) is 1. The first-order chi connectivity index (χ1) is 10.0. The SMILES string of the molecule is CCOc1cccc(Nc2nc(C)cc(C)c2C(=O)O)c1. The highest BCUT2D eigenvalue weighted by Crippen LogP contribution is 2.25. The first kappa shape index (κ1) is 14.8. The molecule has 0 unspecified atom stereocenters. The Morgan fingerprint density at radius 3 is 2.76 bits per heavy atom. The van der Waals surface area contributed by atoms with Gasteiger partial charge < -0.3 is 15.2 Å². The van der Waals surface area contributed by atoms with E-state index in [-0.39, 0.29) is 5.56 Å². The van der Waals surface area contributed by atoms with Crippen molar-refractivity contribution in [3.05, 3.63) is 47.2 Å². The number of ether oxygens (including phenoxy) is 1. The number of pyridine rings is 1. The maximum absolute atomic E-state index is 11.4. The van der Waals surface area contributed by atoms with Crippen molar-refractivity contribution in [1.82, 2.24) is 4.98 Å². The molecule has 0 bridgehead atoms. The van der Waals surface area contributed by atoms with E-state index >= 15 is 0 Å². The number of anilines is 2. The lowest BCUT2D eigenvalue weighted by atomic mass is 10.1. The monoisotopic (exact) mass is 286 g/mol. The minimum Gasteiger partial charge on any atom is -0.494 e. The first-order valence-corrected chi connectivity index (χ1v) is 6.72. The second kappa shape index (κ2) is 6.26. The van der Waals surface area contributed by atoms with Crippen molar-refractivity contribution in [2.75, 3.05) is 11.9 Å². The molecule has 0 atom stereocenters. The number of rotatable bonds is 5. The second-order valence-electron chi connectivity index (χ2n) is 4.70. The summed E-state index contributed by atoms with van der Waals surface area (Å²) in [5, 5.41) is 12.4. The molecule has 1 aromatic carbocycles. The molecule has 0 aliphatic carbocycles. The van der Waals surface area contributed by atoms with Crippen LogP contribution in [-0.4, -0.2) is 22.7 Å². The third-order valence-corrected chi connectivity index (χ3v) is 2.97. The summed E-state index contributed by atoms with van der Waals surface area (Å²) in [6.45, 7) is 6.08. The molecule has 5 heteroatoms. The van der Waals surface area contributed by atoms with Crippen molar-refractivity contribution in [3.63, 3.8) is 0 Å². The Labute approximate surface area is 123 Å². The van der Waals surface area contributed by atoms with Crippen LogP contribution in [0.5, 0.6) is 5.75 Å². The molecule has 2 N–H and O–H groups in total. The van der Waals surface area contributed by atoms with E-state index in [2.05, 4.69) is 10.3 Å². The molecule has 1 heterocycles. The fourth-order valence-electron chi connectivity index (χ4n) is 2.16. The minimum absolute atomic E-state index is 0.183. The van der Waals surface area contributed by atoms with Crippen molar-refractivity contribution in [3.8, 4) is 5.75 Å². The first-order valence-electron chi connectivity index (χ1n) is 6.72. The van der Waals surface area contributed by atoms with E-state index < -0.39 is 5.97 Å². The number of nitrogens with zero attached hydrogens (tertiary/aromatic N) is 1. The van der Waals surface area contributed by atoms with E-state index in [1.165, 1.54) is 0 Å². The van der Waals surface area contributed by atoms with E-state index in [1.54, 1.807) is 13.0 Å². The third-order valence-electron chi connectivity index (χ3n) is 2.97. The van der Waals surface area contributed by atoms with Gasteiger partial charge in [-0.1, -0.05) is 6.07 Å². The average molecular weight is 286 g/mol. The lowest BCUT2D eigenvalue weighted by molar-refractivity contribution is 0.0697. The number of carboxylic acid groups (broad SMARTS) is 1. The van der Waals surface area contributed by atoms with Crippen molar-refractivity contribution in [1.29, 1.82) is 0 Å². The number of hydrogen-bond donors (Lipinski definition) is 2. The van der Waals surface area contributed by atoms with E-state index in [9.17, 15) is 9.90 Å². The second-order valence-corrected chi connectivity index (χ2v) is 4.70. The molecule has 0 aliphatic rings. The van der Waals surface area contributed by atoms with Crippen LogP contribution < -0.4 is 10.1 Å². The standard InChI is InChI=1S/C16H18N2O3/c1-4-21-13-7-5-6-12(9-13)18-15-14(16(19)20)10(2)8-11(3)17-15/h5-9H,4H2,1-3H3,(H,17,18)(H,19,20). The van der Waals surface area contributed by atoms with Gasteiger partial charge in [0.25, 0.3) is 0 Å². The van der Waals surface area contributed by atoms with Crippen LogP contribution in [0.15, 0.2) is 30.3 Å². The van der Waals surface area contributed by atoms with Crippen LogP contribution in [0.2, 0.25) is 0 Å². The van der Waals surface area contributed by atoms with Gasteiger partial charge in [0.2, 0.25) is 0 Å². The fourth-order valence-corrected chi connectivity index (χ4v) is 2.16. The Morgan fingerprint density at radius 2 is 2.10 bits per heavy atom. The number of hydrogen-bond acceptors (Lipinski definition) is 4. The molecule has 0 radical (unpaired) electrons. The Bertz CT molecular complexity index is 669. The number of aromatic carboxylic acids is 1. The molecular weight excluding hydrogens is 268 g/mol. The van der Waals surface area contributed by atoms with Gasteiger partial charge in [-0.15, -0.1) is 0 Å². The zero-order valence-electron chi connectivity index (χ0n) is 12.3. The fraction of sp³-hybridized carbons (Fsp3) is 0.250. The van der Waals surface area contributed by atoms with Crippen molar-refractivity contribution < 1.29 is 14.6 Å². The molecular formula is C16H18N2O3. The molecule has 110 valence electrons. The normalized spacial score (nSPS) is 10.2. The molecule has 0 saturated carbocycles. The Balaban J connectivity index is 2.39. The van der Waals surface area contributed by atoms with Crippen LogP contribution >= 0.6 is 0 Å². The summed E-state index contributed by atoms with van der Waals surface area (Å²) in [6, 6.07) is 9.10. The van der Waals surface area contributed by atoms with Gasteiger partial charge in [-0.2, -0.15) is 0 Å². The van der Waals surface area contributed by atoms with Crippen LogP contribution in [0, 0.1) is 13.8 Å². The summed E-state index contributed by atoms with van der Waals surface area (Å²) in [6.07, 6.45) is 0. The molecule has 21 heavy (non-hydrogen) atoms. The number of carboxylic acids is 1. The van der Waals surface area contributed by atoms with Crippen LogP contribution in [0.3, 0.4) is 0 Å². The van der Waals surface area contributed by atoms with Gasteiger partial charge in [0, 0.05) is 17.4 Å². The Hall–Kier alpha value is -2.56. The molecule has 0 fully saturated rings. The highest BCUT2D eigenvalue weighted by Gasteiger charge is 2.16. The smallest absolute Gasteiger partial charge is 0.339 e. The highest BCUT2D eigenvalue weighted by molar-refractivity contribution is 5.95. The molecule has 0 spiro atoms. The van der Waals surface area contributed by atoms with Crippen LogP contribution in [0.1, 0.15) is 28.5 Å². The van der Waals surface area contributed by atoms with Crippen molar-refractivity contribution in [2.45, 2.75) is 20.8 Å². The maximum atomic E-state index is 11.4. The molecule has 0 aliphatic heterocycles. The van der Waals surface area contributed by atoms with Gasteiger partial charge >= 0.3 is 5.97 Å². The predicted molar refractivity (Wildman–Crippen MR) is 81.6 cm³/mol. The molecule has 2 rings (SSSR count). The van der Waals surface area contributed by atoms with Crippen LogP contribution in [0.4, 0.5) is 11.5 Å². The Morgan fingerprint density at radius 1 is 1.33 bits per heavy atom. The summed E-state index contributed by atoms with van der Waals surface area (Å²) < 4.78 is 5.43. The summed E-state index contributed by atoms with van der Waals surface area (Å²) in [4.78, 5) is 15.7. The van der Waals surface area contributed by atoms with Crippen LogP contribution in [-0.2, 0) is 0 Å². The largest absolute Gasteiger partial charge is 0.494 e. The topological polar surface area (TPSA) is 71.5 Å². The van der Waals surface area contributed by atoms with Gasteiger partial charge in [0.15, 0.2) is 0 Å². The van der Waals surface area contributed by atoms with Crippen molar-refractivity contribution in [2.24, 2.45) is 0 Å². The number of benzene rings is 1. The molecule has 2 aromatic rings. The molecule has 0 saturated heterocycles. The Kier molecular flexibility index (Phi) is 4.42. The van der Waals surface area contributed by atoms with Crippen LogP contribution in [0.25, 0.3) is 0 Å². The van der Waals surface area contributed by atoms with Gasteiger partial charge in [0.05, 0.1) is 6.61 Å². The van der Waals surface area contributed by atoms with E-state index in [1.807, 2.05) is 38.1 Å². The lowest BCUT2D eigenvalue weighted by Crippen LogP contribution is -2.08. The zero-order chi connectivity index (χ0) is 15.4. The highest BCUT2D eigenvalue weighted by atomic mass is 16.5.